The van der Waals surface area contributed by atoms with Crippen molar-refractivity contribution in [3.05, 3.63) is 52.1 Å². The molecule has 1 aliphatic heterocycles. The van der Waals surface area contributed by atoms with Crippen LogP contribution >= 0.6 is 11.3 Å². The summed E-state index contributed by atoms with van der Waals surface area (Å²) >= 11 is 1.42. The fraction of sp³-hybridized carbons (Fsp3) is 0.381. The van der Waals surface area contributed by atoms with Crippen LogP contribution in [0.3, 0.4) is 0 Å². The SMILES string of the molecule is O=C(O)CCCN1CCC(c2csc(C(=O)c3c[nH]c4ccccc34)n2)CC1. The molecule has 0 saturated carbocycles. The second-order valence-electron chi connectivity index (χ2n) is 7.27. The predicted molar refractivity (Wildman–Crippen MR) is 109 cm³/mol. The number of carbonyl (C=O) groups is 2. The van der Waals surface area contributed by atoms with Gasteiger partial charge in [0, 0.05) is 34.8 Å². The molecule has 3 aromatic rings. The number of carboxylic acid groups (broad SMARTS) is 1. The maximum atomic E-state index is 12.9. The van der Waals surface area contributed by atoms with Crippen LogP contribution in [0.2, 0.25) is 0 Å². The maximum absolute atomic E-state index is 12.9. The van der Waals surface area contributed by atoms with Crippen LogP contribution in [0.25, 0.3) is 10.9 Å². The standard InChI is InChI=1S/C21H23N3O3S/c25-19(26)6-3-9-24-10-7-14(8-11-24)18-13-28-21(23-18)20(27)16-12-22-17-5-2-1-4-15(16)17/h1-2,4-5,12-14,22H,3,6-11H2,(H,25,26). The summed E-state index contributed by atoms with van der Waals surface area (Å²) in [6.07, 6.45) is 4.68. The lowest BCUT2D eigenvalue weighted by atomic mass is 9.94. The number of aromatic nitrogens is 2. The summed E-state index contributed by atoms with van der Waals surface area (Å²) in [6.45, 7) is 2.74. The molecule has 2 aromatic heterocycles. The molecule has 1 saturated heterocycles. The Kier molecular flexibility index (Phi) is 5.54. The number of nitrogens with zero attached hydrogens (tertiary/aromatic N) is 2. The van der Waals surface area contributed by atoms with E-state index >= 15 is 0 Å². The molecule has 2 N–H and O–H groups in total. The largest absolute Gasteiger partial charge is 0.481 e. The number of thiazole rings is 1. The first-order valence-electron chi connectivity index (χ1n) is 9.62. The first-order chi connectivity index (χ1) is 13.6. The summed E-state index contributed by atoms with van der Waals surface area (Å²) in [5.41, 5.74) is 2.64. The van der Waals surface area contributed by atoms with Gasteiger partial charge in [0.2, 0.25) is 5.78 Å². The number of piperidine rings is 1. The van der Waals surface area contributed by atoms with Crippen molar-refractivity contribution in [2.75, 3.05) is 19.6 Å². The van der Waals surface area contributed by atoms with Crippen LogP contribution in [0.15, 0.2) is 35.8 Å². The van der Waals surface area contributed by atoms with Gasteiger partial charge in [0.25, 0.3) is 0 Å². The van der Waals surface area contributed by atoms with Crippen molar-refractivity contribution in [2.24, 2.45) is 0 Å². The van der Waals surface area contributed by atoms with Crippen LogP contribution in [-0.2, 0) is 4.79 Å². The minimum Gasteiger partial charge on any atom is -0.481 e. The summed E-state index contributed by atoms with van der Waals surface area (Å²) in [7, 11) is 0. The Bertz CT molecular complexity index is 986. The van der Waals surface area contributed by atoms with Gasteiger partial charge in [-0.1, -0.05) is 18.2 Å². The molecule has 0 bridgehead atoms. The zero-order chi connectivity index (χ0) is 19.5. The molecule has 4 rings (SSSR count). The number of benzene rings is 1. The molecule has 1 fully saturated rings. The van der Waals surface area contributed by atoms with Gasteiger partial charge in [-0.3, -0.25) is 9.59 Å². The first kappa shape index (κ1) is 18.8. The number of rotatable bonds is 7. The van der Waals surface area contributed by atoms with E-state index in [2.05, 4.69) is 14.9 Å². The number of hydrogen-bond acceptors (Lipinski definition) is 5. The van der Waals surface area contributed by atoms with Crippen molar-refractivity contribution in [1.82, 2.24) is 14.9 Å². The lowest BCUT2D eigenvalue weighted by molar-refractivity contribution is -0.137. The monoisotopic (exact) mass is 397 g/mol. The van der Waals surface area contributed by atoms with Gasteiger partial charge < -0.3 is 15.0 Å². The second kappa shape index (κ2) is 8.24. The molecular formula is C21H23N3O3S. The third-order valence-corrected chi connectivity index (χ3v) is 6.28. The Morgan fingerprint density at radius 2 is 2.04 bits per heavy atom. The number of carbonyl (C=O) groups excluding carboxylic acids is 1. The van der Waals surface area contributed by atoms with Crippen LogP contribution in [0, 0.1) is 0 Å². The molecule has 7 heteroatoms. The number of hydrogen-bond donors (Lipinski definition) is 2. The van der Waals surface area contributed by atoms with Gasteiger partial charge in [0.05, 0.1) is 11.3 Å². The molecule has 0 atom stereocenters. The Morgan fingerprint density at radius 1 is 1.25 bits per heavy atom. The van der Waals surface area contributed by atoms with Crippen molar-refractivity contribution in [2.45, 2.75) is 31.6 Å². The van der Waals surface area contributed by atoms with Gasteiger partial charge in [-0.15, -0.1) is 11.3 Å². The van der Waals surface area contributed by atoms with E-state index in [1.807, 2.05) is 29.6 Å². The average Bonchev–Trinajstić information content (AvgIpc) is 3.35. The quantitative estimate of drug-likeness (QED) is 0.591. The third-order valence-electron chi connectivity index (χ3n) is 5.42. The van der Waals surface area contributed by atoms with Crippen molar-refractivity contribution >= 4 is 34.0 Å². The molecule has 6 nitrogen and oxygen atoms in total. The number of aromatic amines is 1. The van der Waals surface area contributed by atoms with E-state index in [0.29, 0.717) is 22.9 Å². The van der Waals surface area contributed by atoms with E-state index in [0.717, 1.165) is 49.1 Å². The minimum absolute atomic E-state index is 0.0280. The maximum Gasteiger partial charge on any atom is 0.303 e. The van der Waals surface area contributed by atoms with Crippen LogP contribution in [0.1, 0.15) is 52.7 Å². The topological polar surface area (TPSA) is 86.3 Å². The second-order valence-corrected chi connectivity index (χ2v) is 8.13. The highest BCUT2D eigenvalue weighted by Gasteiger charge is 2.24. The van der Waals surface area contributed by atoms with Crippen molar-refractivity contribution < 1.29 is 14.7 Å². The van der Waals surface area contributed by atoms with Gasteiger partial charge in [0.15, 0.2) is 5.01 Å². The average molecular weight is 398 g/mol. The van der Waals surface area contributed by atoms with Crippen molar-refractivity contribution in [3.63, 3.8) is 0 Å². The minimum atomic E-state index is -0.732. The Hall–Kier alpha value is -2.51. The van der Waals surface area contributed by atoms with E-state index in [4.69, 9.17) is 5.11 Å². The summed E-state index contributed by atoms with van der Waals surface area (Å²) in [5, 5.41) is 12.2. The van der Waals surface area contributed by atoms with Crippen LogP contribution in [0.4, 0.5) is 0 Å². The molecule has 0 unspecified atom stereocenters. The Balaban J connectivity index is 1.38. The first-order valence-corrected chi connectivity index (χ1v) is 10.5. The summed E-state index contributed by atoms with van der Waals surface area (Å²) in [4.78, 5) is 33.7. The highest BCUT2D eigenvalue weighted by atomic mass is 32.1. The molecule has 1 aromatic carbocycles. The summed E-state index contributed by atoms with van der Waals surface area (Å²) in [6, 6.07) is 7.80. The molecule has 0 amide bonds. The number of nitrogens with one attached hydrogen (secondary N) is 1. The van der Waals surface area contributed by atoms with E-state index in [-0.39, 0.29) is 12.2 Å². The zero-order valence-corrected chi connectivity index (χ0v) is 16.4. The Labute approximate surface area is 167 Å². The number of fused-ring (bicyclic) bond motifs is 1. The van der Waals surface area contributed by atoms with E-state index in [1.165, 1.54) is 11.3 Å². The number of ketones is 1. The molecule has 28 heavy (non-hydrogen) atoms. The van der Waals surface area contributed by atoms with Crippen LogP contribution in [-0.4, -0.2) is 51.4 Å². The van der Waals surface area contributed by atoms with Gasteiger partial charge in [0.1, 0.15) is 0 Å². The van der Waals surface area contributed by atoms with Gasteiger partial charge in [-0.05, 0) is 45.0 Å². The lowest BCUT2D eigenvalue weighted by Crippen LogP contribution is -2.34. The van der Waals surface area contributed by atoms with E-state index in [9.17, 15) is 9.59 Å². The molecule has 3 heterocycles. The molecule has 146 valence electrons. The predicted octanol–water partition coefficient (Wildman–Crippen LogP) is 3.90. The molecule has 0 spiro atoms. The van der Waals surface area contributed by atoms with Crippen LogP contribution in [0.5, 0.6) is 0 Å². The molecule has 0 aliphatic carbocycles. The smallest absolute Gasteiger partial charge is 0.303 e. The number of carboxylic acids is 1. The third kappa shape index (κ3) is 4.00. The van der Waals surface area contributed by atoms with Gasteiger partial charge in [-0.2, -0.15) is 0 Å². The normalized spacial score (nSPS) is 15.9. The summed E-state index contributed by atoms with van der Waals surface area (Å²) in [5.74, 6) is -0.388. The van der Waals surface area contributed by atoms with Gasteiger partial charge in [-0.25, -0.2) is 4.98 Å². The van der Waals surface area contributed by atoms with Gasteiger partial charge >= 0.3 is 5.97 Å². The van der Waals surface area contributed by atoms with Crippen LogP contribution < -0.4 is 0 Å². The highest BCUT2D eigenvalue weighted by Crippen LogP contribution is 2.30. The van der Waals surface area contributed by atoms with Crippen molar-refractivity contribution in [3.8, 4) is 0 Å². The number of likely N-dealkylation sites (tertiary alicyclic amines) is 1. The lowest BCUT2D eigenvalue weighted by Gasteiger charge is -2.31. The fourth-order valence-corrected chi connectivity index (χ4v) is 4.71. The highest BCUT2D eigenvalue weighted by molar-refractivity contribution is 7.12. The summed E-state index contributed by atoms with van der Waals surface area (Å²) < 4.78 is 0. The number of para-hydroxylation sites is 1. The molecule has 1 aliphatic rings. The number of aliphatic carboxylic acids is 1. The zero-order valence-electron chi connectivity index (χ0n) is 15.6. The fourth-order valence-electron chi connectivity index (χ4n) is 3.86. The van der Waals surface area contributed by atoms with E-state index in [1.54, 1.807) is 6.20 Å². The van der Waals surface area contributed by atoms with Crippen molar-refractivity contribution in [1.29, 1.82) is 0 Å². The molecular weight excluding hydrogens is 374 g/mol. The Morgan fingerprint density at radius 3 is 2.82 bits per heavy atom. The molecule has 0 radical (unpaired) electrons. The number of H-pyrrole nitrogens is 1. The van der Waals surface area contributed by atoms with E-state index < -0.39 is 5.97 Å².